The van der Waals surface area contributed by atoms with Crippen LogP contribution in [0.3, 0.4) is 0 Å². The molecule has 1 saturated heterocycles. The summed E-state index contributed by atoms with van der Waals surface area (Å²) in [4.78, 5) is 4.36. The number of pyridine rings is 1. The molecule has 23 heavy (non-hydrogen) atoms. The highest BCUT2D eigenvalue weighted by Gasteiger charge is 2.34. The first-order chi connectivity index (χ1) is 11.0. The topological polar surface area (TPSA) is 76.3 Å². The fourth-order valence-electron chi connectivity index (χ4n) is 3.36. The summed E-state index contributed by atoms with van der Waals surface area (Å²) in [5, 5.41) is 0.961. The molecule has 3 rings (SSSR count). The molecular weight excluding hydrogens is 310 g/mol. The van der Waals surface area contributed by atoms with Gasteiger partial charge >= 0.3 is 0 Å². The number of para-hydroxylation sites is 1. The number of aromatic nitrogens is 1. The van der Waals surface area contributed by atoms with Crippen LogP contribution in [0.1, 0.15) is 31.7 Å². The van der Waals surface area contributed by atoms with Crippen LogP contribution in [0.5, 0.6) is 0 Å². The quantitative estimate of drug-likeness (QED) is 0.931. The van der Waals surface area contributed by atoms with Crippen molar-refractivity contribution in [2.45, 2.75) is 44.0 Å². The minimum Gasteiger partial charge on any atom is -0.326 e. The van der Waals surface area contributed by atoms with E-state index in [1.807, 2.05) is 37.3 Å². The summed E-state index contributed by atoms with van der Waals surface area (Å²) < 4.78 is 27.5. The molecule has 0 saturated carbocycles. The van der Waals surface area contributed by atoms with Crippen LogP contribution in [0, 0.1) is 0 Å². The molecule has 2 heterocycles. The second-order valence-corrected chi connectivity index (χ2v) is 8.20. The van der Waals surface area contributed by atoms with Crippen molar-refractivity contribution in [1.82, 2.24) is 9.29 Å². The highest BCUT2D eigenvalue weighted by molar-refractivity contribution is 7.88. The summed E-state index contributed by atoms with van der Waals surface area (Å²) in [6.07, 6.45) is 4.47. The molecule has 0 aliphatic carbocycles. The molecule has 124 valence electrons. The lowest BCUT2D eigenvalue weighted by Crippen LogP contribution is -2.51. The third kappa shape index (κ3) is 3.39. The van der Waals surface area contributed by atoms with E-state index in [0.717, 1.165) is 35.7 Å². The Morgan fingerprint density at radius 3 is 2.87 bits per heavy atom. The predicted octanol–water partition coefficient (Wildman–Crippen LogP) is 2.27. The monoisotopic (exact) mass is 333 g/mol. The maximum atomic E-state index is 13.0. The summed E-state index contributed by atoms with van der Waals surface area (Å²) in [5.41, 5.74) is 7.52. The molecule has 2 atom stereocenters. The molecule has 0 radical (unpaired) electrons. The molecule has 0 amide bonds. The summed E-state index contributed by atoms with van der Waals surface area (Å²) in [5.74, 6) is -0.0232. The lowest BCUT2D eigenvalue weighted by atomic mass is 10.00. The van der Waals surface area contributed by atoms with Gasteiger partial charge in [0.25, 0.3) is 0 Å². The van der Waals surface area contributed by atoms with Crippen molar-refractivity contribution in [3.63, 3.8) is 0 Å². The molecule has 1 aromatic heterocycles. The Balaban J connectivity index is 1.93. The van der Waals surface area contributed by atoms with Gasteiger partial charge in [0.2, 0.25) is 10.0 Å². The minimum atomic E-state index is -3.41. The van der Waals surface area contributed by atoms with Crippen LogP contribution in [0.2, 0.25) is 0 Å². The summed E-state index contributed by atoms with van der Waals surface area (Å²) in [6.45, 7) is 2.45. The van der Waals surface area contributed by atoms with Gasteiger partial charge in [0, 0.05) is 30.2 Å². The van der Waals surface area contributed by atoms with Gasteiger partial charge in [0.15, 0.2) is 0 Å². The van der Waals surface area contributed by atoms with Gasteiger partial charge in [-0.2, -0.15) is 4.31 Å². The molecule has 1 aromatic carbocycles. The standard InChI is InChI=1S/C17H23N3O2S/c1-13(18)16-9-2-3-11-20(16)23(21,22)12-15-7-4-6-14-8-5-10-19-17(14)15/h4-8,10,13,16H,2-3,9,11-12,18H2,1H3/t13-,16-/m0/s1. The molecule has 0 bridgehead atoms. The zero-order valence-electron chi connectivity index (χ0n) is 13.4. The lowest BCUT2D eigenvalue weighted by molar-refractivity contribution is 0.227. The zero-order chi connectivity index (χ0) is 16.4. The fourth-order valence-corrected chi connectivity index (χ4v) is 5.27. The van der Waals surface area contributed by atoms with Crippen LogP contribution in [0.4, 0.5) is 0 Å². The van der Waals surface area contributed by atoms with Gasteiger partial charge in [-0.3, -0.25) is 4.98 Å². The first-order valence-electron chi connectivity index (χ1n) is 8.07. The minimum absolute atomic E-state index is 0.0232. The second-order valence-electron chi connectivity index (χ2n) is 6.28. The van der Waals surface area contributed by atoms with Gasteiger partial charge in [-0.25, -0.2) is 8.42 Å². The number of rotatable bonds is 4. The van der Waals surface area contributed by atoms with Crippen molar-refractivity contribution in [2.75, 3.05) is 6.54 Å². The second kappa shape index (κ2) is 6.55. The molecule has 2 aromatic rings. The number of hydrogen-bond acceptors (Lipinski definition) is 4. The number of piperidine rings is 1. The third-order valence-corrected chi connectivity index (χ3v) is 6.36. The van der Waals surface area contributed by atoms with Gasteiger partial charge in [0.05, 0.1) is 11.3 Å². The predicted molar refractivity (Wildman–Crippen MR) is 92.4 cm³/mol. The fraction of sp³-hybridized carbons (Fsp3) is 0.471. The van der Waals surface area contributed by atoms with E-state index in [-0.39, 0.29) is 17.8 Å². The van der Waals surface area contributed by atoms with E-state index in [9.17, 15) is 8.42 Å². The van der Waals surface area contributed by atoms with Crippen molar-refractivity contribution >= 4 is 20.9 Å². The van der Waals surface area contributed by atoms with Gasteiger partial charge < -0.3 is 5.73 Å². The third-order valence-electron chi connectivity index (χ3n) is 4.52. The van der Waals surface area contributed by atoms with E-state index < -0.39 is 10.0 Å². The van der Waals surface area contributed by atoms with E-state index >= 15 is 0 Å². The van der Waals surface area contributed by atoms with E-state index in [1.165, 1.54) is 0 Å². The number of fused-ring (bicyclic) bond motifs is 1. The average molecular weight is 333 g/mol. The maximum absolute atomic E-state index is 13.0. The Morgan fingerprint density at radius 1 is 1.30 bits per heavy atom. The zero-order valence-corrected chi connectivity index (χ0v) is 14.2. The number of nitrogens with zero attached hydrogens (tertiary/aromatic N) is 2. The highest BCUT2D eigenvalue weighted by atomic mass is 32.2. The van der Waals surface area contributed by atoms with Gasteiger partial charge in [-0.1, -0.05) is 30.7 Å². The van der Waals surface area contributed by atoms with Crippen LogP contribution < -0.4 is 5.73 Å². The Morgan fingerprint density at radius 2 is 2.09 bits per heavy atom. The highest BCUT2D eigenvalue weighted by Crippen LogP contribution is 2.26. The van der Waals surface area contributed by atoms with Crippen molar-refractivity contribution in [2.24, 2.45) is 5.73 Å². The number of nitrogens with two attached hydrogens (primary N) is 1. The first kappa shape index (κ1) is 16.4. The van der Waals surface area contributed by atoms with E-state index in [4.69, 9.17) is 5.73 Å². The molecule has 6 heteroatoms. The van der Waals surface area contributed by atoms with Crippen molar-refractivity contribution < 1.29 is 8.42 Å². The first-order valence-corrected chi connectivity index (χ1v) is 9.68. The summed E-state index contributed by atoms with van der Waals surface area (Å²) in [7, 11) is -3.41. The van der Waals surface area contributed by atoms with E-state index in [1.54, 1.807) is 10.5 Å². The van der Waals surface area contributed by atoms with Crippen LogP contribution >= 0.6 is 0 Å². The molecule has 0 spiro atoms. The normalized spacial score (nSPS) is 21.4. The van der Waals surface area contributed by atoms with E-state index in [2.05, 4.69) is 4.98 Å². The Hall–Kier alpha value is -1.50. The smallest absolute Gasteiger partial charge is 0.218 e. The SMILES string of the molecule is C[C@H](N)[C@@H]1CCCCN1S(=O)(=O)Cc1cccc2cccnc12. The molecule has 1 aliphatic rings. The van der Waals surface area contributed by atoms with Gasteiger partial charge in [-0.05, 0) is 31.4 Å². The Bertz CT molecular complexity index is 784. The van der Waals surface area contributed by atoms with Crippen LogP contribution in [-0.2, 0) is 15.8 Å². The maximum Gasteiger partial charge on any atom is 0.218 e. The molecular formula is C17H23N3O2S. The summed E-state index contributed by atoms with van der Waals surface area (Å²) in [6, 6.07) is 9.23. The molecule has 1 fully saturated rings. The van der Waals surface area contributed by atoms with Crippen molar-refractivity contribution in [1.29, 1.82) is 0 Å². The number of hydrogen-bond donors (Lipinski definition) is 1. The number of benzene rings is 1. The largest absolute Gasteiger partial charge is 0.326 e. The lowest BCUT2D eigenvalue weighted by Gasteiger charge is -2.37. The molecule has 2 N–H and O–H groups in total. The summed E-state index contributed by atoms with van der Waals surface area (Å²) >= 11 is 0. The Labute approximate surface area is 137 Å². The number of sulfonamides is 1. The van der Waals surface area contributed by atoms with Crippen LogP contribution in [0.15, 0.2) is 36.5 Å². The Kier molecular flexibility index (Phi) is 4.66. The molecule has 1 aliphatic heterocycles. The van der Waals surface area contributed by atoms with Crippen molar-refractivity contribution in [3.8, 4) is 0 Å². The average Bonchev–Trinajstić information content (AvgIpc) is 2.55. The van der Waals surface area contributed by atoms with Crippen molar-refractivity contribution in [3.05, 3.63) is 42.1 Å². The van der Waals surface area contributed by atoms with Crippen LogP contribution in [0.25, 0.3) is 10.9 Å². The molecule has 5 nitrogen and oxygen atoms in total. The molecule has 0 unspecified atom stereocenters. The van der Waals surface area contributed by atoms with Gasteiger partial charge in [-0.15, -0.1) is 0 Å². The van der Waals surface area contributed by atoms with Gasteiger partial charge in [0.1, 0.15) is 0 Å². The van der Waals surface area contributed by atoms with E-state index in [0.29, 0.717) is 6.54 Å². The van der Waals surface area contributed by atoms with Crippen LogP contribution in [-0.4, -0.2) is 36.3 Å².